The van der Waals surface area contributed by atoms with E-state index in [1.807, 2.05) is 24.3 Å². The van der Waals surface area contributed by atoms with Crippen LogP contribution in [0.1, 0.15) is 11.1 Å². The zero-order chi connectivity index (χ0) is 15.9. The van der Waals surface area contributed by atoms with E-state index < -0.39 is 12.6 Å². The molecule has 0 radical (unpaired) electrons. The highest BCUT2D eigenvalue weighted by Crippen LogP contribution is 2.14. The molecule has 1 atom stereocenters. The van der Waals surface area contributed by atoms with Crippen LogP contribution < -0.4 is 0 Å². The van der Waals surface area contributed by atoms with Gasteiger partial charge in [-0.1, -0.05) is 40.2 Å². The molecule has 2 N–H and O–H groups in total. The molecule has 2 aromatic rings. The summed E-state index contributed by atoms with van der Waals surface area (Å²) in [4.78, 5) is 16.2. The Kier molecular flexibility index (Phi) is 5.86. The molecule has 114 valence electrons. The molecular formula is C17H16BrNO3. The van der Waals surface area contributed by atoms with E-state index in [-0.39, 0.29) is 11.5 Å². The van der Waals surface area contributed by atoms with E-state index in [4.69, 9.17) is 5.11 Å². The maximum Gasteiger partial charge on any atom is 0.182 e. The molecule has 0 aromatic heterocycles. The monoisotopic (exact) mass is 361 g/mol. The van der Waals surface area contributed by atoms with Crippen molar-refractivity contribution in [3.8, 4) is 5.75 Å². The molecule has 5 heteroatoms. The Labute approximate surface area is 137 Å². The van der Waals surface area contributed by atoms with Gasteiger partial charge in [-0.25, -0.2) is 0 Å². The summed E-state index contributed by atoms with van der Waals surface area (Å²) in [6.45, 7) is -0.543. The van der Waals surface area contributed by atoms with Crippen LogP contribution in [0.4, 0.5) is 0 Å². The highest BCUT2D eigenvalue weighted by Gasteiger charge is 2.16. The lowest BCUT2D eigenvalue weighted by atomic mass is 10.0. The van der Waals surface area contributed by atoms with E-state index in [0.29, 0.717) is 6.42 Å². The van der Waals surface area contributed by atoms with Crippen molar-refractivity contribution in [1.82, 2.24) is 0 Å². The van der Waals surface area contributed by atoms with Crippen LogP contribution in [0, 0.1) is 0 Å². The molecule has 0 amide bonds. The molecule has 2 rings (SSSR count). The lowest BCUT2D eigenvalue weighted by molar-refractivity contribution is -0.122. The number of rotatable bonds is 6. The first-order chi connectivity index (χ1) is 10.6. The van der Waals surface area contributed by atoms with Crippen LogP contribution in [-0.4, -0.2) is 34.9 Å². The number of hydrogen-bond donors (Lipinski definition) is 2. The lowest BCUT2D eigenvalue weighted by Gasteiger charge is -2.10. The molecule has 0 heterocycles. The molecule has 4 nitrogen and oxygen atoms in total. The van der Waals surface area contributed by atoms with Gasteiger partial charge in [-0.15, -0.1) is 0 Å². The number of Topliss-reactive ketones (excluding diaryl/α,β-unsaturated/α-hetero) is 1. The Hall–Kier alpha value is -1.98. The predicted molar refractivity (Wildman–Crippen MR) is 89.4 cm³/mol. The van der Waals surface area contributed by atoms with Crippen molar-refractivity contribution in [3.05, 3.63) is 64.1 Å². The summed E-state index contributed by atoms with van der Waals surface area (Å²) in [6.07, 6.45) is 2.01. The topological polar surface area (TPSA) is 69.9 Å². The Morgan fingerprint density at radius 2 is 1.95 bits per heavy atom. The number of benzene rings is 2. The Morgan fingerprint density at radius 3 is 2.59 bits per heavy atom. The van der Waals surface area contributed by atoms with Gasteiger partial charge in [-0.3, -0.25) is 9.79 Å². The van der Waals surface area contributed by atoms with Crippen LogP contribution in [0.3, 0.4) is 0 Å². The number of aliphatic imine (C=N–C) groups is 1. The third kappa shape index (κ3) is 4.79. The van der Waals surface area contributed by atoms with Gasteiger partial charge in [-0.05, 0) is 35.4 Å². The van der Waals surface area contributed by atoms with Gasteiger partial charge in [-0.2, -0.15) is 0 Å². The molecule has 0 saturated carbocycles. The second-order valence-corrected chi connectivity index (χ2v) is 5.76. The zero-order valence-corrected chi connectivity index (χ0v) is 13.4. The molecular weight excluding hydrogens is 346 g/mol. The van der Waals surface area contributed by atoms with Crippen molar-refractivity contribution >= 4 is 27.9 Å². The molecule has 0 aliphatic heterocycles. The van der Waals surface area contributed by atoms with Crippen molar-refractivity contribution < 1.29 is 15.0 Å². The Bertz CT molecular complexity index is 668. The largest absolute Gasteiger partial charge is 0.508 e. The highest BCUT2D eigenvalue weighted by atomic mass is 79.9. The zero-order valence-electron chi connectivity index (χ0n) is 11.8. The van der Waals surface area contributed by atoms with Gasteiger partial charge in [0.05, 0.1) is 0 Å². The van der Waals surface area contributed by atoms with E-state index >= 15 is 0 Å². The maximum atomic E-state index is 11.8. The number of hydrogen-bond acceptors (Lipinski definition) is 4. The van der Waals surface area contributed by atoms with Crippen molar-refractivity contribution in [1.29, 1.82) is 0 Å². The normalized spacial score (nSPS) is 12.5. The first kappa shape index (κ1) is 16.4. The summed E-state index contributed by atoms with van der Waals surface area (Å²) in [5.41, 5.74) is 1.74. The third-order valence-electron chi connectivity index (χ3n) is 3.15. The Morgan fingerprint density at radius 1 is 1.23 bits per heavy atom. The number of phenols is 1. The van der Waals surface area contributed by atoms with Gasteiger partial charge in [0.2, 0.25) is 0 Å². The summed E-state index contributed by atoms with van der Waals surface area (Å²) in [5.74, 6) is -0.161. The lowest BCUT2D eigenvalue weighted by Crippen LogP contribution is -2.24. The molecule has 2 aromatic carbocycles. The quantitative estimate of drug-likeness (QED) is 0.777. The minimum atomic E-state index is -0.645. The van der Waals surface area contributed by atoms with Crippen molar-refractivity contribution in [2.24, 2.45) is 4.99 Å². The minimum Gasteiger partial charge on any atom is -0.508 e. The summed E-state index contributed by atoms with van der Waals surface area (Å²) >= 11 is 3.38. The van der Waals surface area contributed by atoms with Crippen molar-refractivity contribution in [3.63, 3.8) is 0 Å². The fourth-order valence-electron chi connectivity index (χ4n) is 1.97. The van der Waals surface area contributed by atoms with Crippen LogP contribution in [0.15, 0.2) is 58.0 Å². The smallest absolute Gasteiger partial charge is 0.182 e. The first-order valence-corrected chi connectivity index (χ1v) is 7.58. The molecule has 1 unspecified atom stereocenters. The van der Waals surface area contributed by atoms with Gasteiger partial charge in [0, 0.05) is 17.1 Å². The Balaban J connectivity index is 2.15. The summed E-state index contributed by atoms with van der Waals surface area (Å²) < 4.78 is 0.931. The predicted octanol–water partition coefficient (Wildman–Crippen LogP) is 2.75. The molecule has 22 heavy (non-hydrogen) atoms. The molecule has 0 bridgehead atoms. The summed E-state index contributed by atoms with van der Waals surface area (Å²) in [6, 6.07) is 13.5. The van der Waals surface area contributed by atoms with Gasteiger partial charge in [0.1, 0.15) is 18.4 Å². The SMILES string of the molecule is O=C(CO)C(Cc1ccc(O)cc1)/N=C\c1cccc(Br)c1. The number of nitrogens with zero attached hydrogens (tertiary/aromatic N) is 1. The van der Waals surface area contributed by atoms with Gasteiger partial charge < -0.3 is 10.2 Å². The number of aliphatic hydroxyl groups excluding tert-OH is 1. The number of carbonyl (C=O) groups is 1. The minimum absolute atomic E-state index is 0.173. The van der Waals surface area contributed by atoms with E-state index in [1.165, 1.54) is 0 Å². The summed E-state index contributed by atoms with van der Waals surface area (Å²) in [7, 11) is 0. The van der Waals surface area contributed by atoms with Crippen LogP contribution in [0.25, 0.3) is 0 Å². The fourth-order valence-corrected chi connectivity index (χ4v) is 2.39. The first-order valence-electron chi connectivity index (χ1n) is 6.78. The molecule has 0 aliphatic rings. The second-order valence-electron chi connectivity index (χ2n) is 4.84. The van der Waals surface area contributed by atoms with Crippen LogP contribution in [0.5, 0.6) is 5.75 Å². The van der Waals surface area contributed by atoms with E-state index in [9.17, 15) is 9.90 Å². The average Bonchev–Trinajstić information content (AvgIpc) is 2.52. The number of halogens is 1. The molecule has 0 fully saturated rings. The third-order valence-corrected chi connectivity index (χ3v) is 3.64. The highest BCUT2D eigenvalue weighted by molar-refractivity contribution is 9.10. The number of aromatic hydroxyl groups is 1. The van der Waals surface area contributed by atoms with E-state index in [1.54, 1.807) is 30.5 Å². The fraction of sp³-hybridized carbons (Fsp3) is 0.176. The number of phenolic OH excluding ortho intramolecular Hbond substituents is 1. The van der Waals surface area contributed by atoms with Gasteiger partial charge in [0.25, 0.3) is 0 Å². The second kappa shape index (κ2) is 7.87. The standard InChI is InChI=1S/C17H16BrNO3/c18-14-3-1-2-13(8-14)10-19-16(17(22)11-20)9-12-4-6-15(21)7-5-12/h1-8,10,16,20-21H,9,11H2/b19-10-. The van der Waals surface area contributed by atoms with Gasteiger partial charge in [0.15, 0.2) is 5.78 Å². The van der Waals surface area contributed by atoms with Crippen LogP contribution >= 0.6 is 15.9 Å². The summed E-state index contributed by atoms with van der Waals surface area (Å²) in [5, 5.41) is 18.4. The van der Waals surface area contributed by atoms with Gasteiger partial charge >= 0.3 is 0 Å². The molecule has 0 aliphatic carbocycles. The van der Waals surface area contributed by atoms with Crippen LogP contribution in [-0.2, 0) is 11.2 Å². The average molecular weight is 362 g/mol. The maximum absolute atomic E-state index is 11.8. The molecule has 0 saturated heterocycles. The van der Waals surface area contributed by atoms with Crippen molar-refractivity contribution in [2.45, 2.75) is 12.5 Å². The number of ketones is 1. The molecule has 0 spiro atoms. The number of carbonyl (C=O) groups excluding carboxylic acids is 1. The van der Waals surface area contributed by atoms with E-state index in [0.717, 1.165) is 15.6 Å². The number of aliphatic hydroxyl groups is 1. The van der Waals surface area contributed by atoms with E-state index in [2.05, 4.69) is 20.9 Å². The van der Waals surface area contributed by atoms with Crippen LogP contribution in [0.2, 0.25) is 0 Å². The van der Waals surface area contributed by atoms with Crippen molar-refractivity contribution in [2.75, 3.05) is 6.61 Å².